The zero-order valence-electron chi connectivity index (χ0n) is 15.7. The number of hydrogen-bond acceptors (Lipinski definition) is 3. The van der Waals surface area contributed by atoms with Crippen LogP contribution in [0.3, 0.4) is 0 Å². The van der Waals surface area contributed by atoms with Crippen LogP contribution in [-0.4, -0.2) is 49.2 Å². The van der Waals surface area contributed by atoms with E-state index >= 15 is 0 Å². The minimum absolute atomic E-state index is 0.0952. The second-order valence-corrected chi connectivity index (χ2v) is 8.30. The highest BCUT2D eigenvalue weighted by Crippen LogP contribution is 2.41. The average molecular weight is 420 g/mol. The van der Waals surface area contributed by atoms with E-state index in [1.54, 1.807) is 11.0 Å². The Hall–Kier alpha value is -1.79. The molecule has 0 bridgehead atoms. The van der Waals surface area contributed by atoms with Gasteiger partial charge in [-0.3, -0.25) is 0 Å². The highest BCUT2D eigenvalue weighted by Gasteiger charge is 2.33. The van der Waals surface area contributed by atoms with Gasteiger partial charge in [-0.15, -0.1) is 0 Å². The number of nitrogens with two attached hydrogens (primary N) is 1. The first kappa shape index (κ1) is 19.5. The fraction of sp³-hybridized carbons (Fsp3) is 0.381. The molecule has 2 aromatic rings. The number of primary amides is 1. The number of ether oxygens (including phenoxy) is 1. The van der Waals surface area contributed by atoms with E-state index in [1.165, 1.54) is 0 Å². The number of carbonyl (C=O) groups excluding carboxylic acids is 1. The molecule has 2 unspecified atom stereocenters. The van der Waals surface area contributed by atoms with E-state index in [2.05, 4.69) is 24.1 Å². The predicted molar refractivity (Wildman–Crippen MR) is 111 cm³/mol. The second kappa shape index (κ2) is 7.91. The van der Waals surface area contributed by atoms with Crippen LogP contribution in [-0.2, 0) is 11.3 Å². The van der Waals surface area contributed by atoms with Crippen LogP contribution in [0.25, 0.3) is 0 Å². The van der Waals surface area contributed by atoms with Gasteiger partial charge in [-0.05, 0) is 41.4 Å². The number of amides is 2. The van der Waals surface area contributed by atoms with Gasteiger partial charge in [0, 0.05) is 35.6 Å². The van der Waals surface area contributed by atoms with Gasteiger partial charge in [0.15, 0.2) is 0 Å². The molecule has 0 saturated carbocycles. The molecule has 2 N–H and O–H groups in total. The van der Waals surface area contributed by atoms with Crippen molar-refractivity contribution in [3.8, 4) is 0 Å². The summed E-state index contributed by atoms with van der Waals surface area (Å²) in [4.78, 5) is 16.0. The summed E-state index contributed by atoms with van der Waals surface area (Å²) in [6.45, 7) is 3.05. The van der Waals surface area contributed by atoms with Crippen molar-refractivity contribution in [3.05, 3.63) is 68.7 Å². The van der Waals surface area contributed by atoms with Crippen LogP contribution >= 0.6 is 23.2 Å². The maximum absolute atomic E-state index is 12.0. The van der Waals surface area contributed by atoms with Gasteiger partial charge in [-0.1, -0.05) is 47.5 Å². The predicted octanol–water partition coefficient (Wildman–Crippen LogP) is 4.02. The van der Waals surface area contributed by atoms with E-state index < -0.39 is 6.03 Å². The van der Waals surface area contributed by atoms with Crippen LogP contribution in [0.4, 0.5) is 4.79 Å². The van der Waals surface area contributed by atoms with E-state index in [1.807, 2.05) is 18.2 Å². The molecule has 2 atom stereocenters. The Morgan fingerprint density at radius 1 is 1.18 bits per heavy atom. The Bertz CT molecular complexity index is 905. The third-order valence-electron chi connectivity index (χ3n) is 5.63. The molecule has 0 aromatic heterocycles. The summed E-state index contributed by atoms with van der Waals surface area (Å²) in [6.07, 6.45) is 0. The topological polar surface area (TPSA) is 58.8 Å². The zero-order chi connectivity index (χ0) is 19.8. The van der Waals surface area contributed by atoms with Crippen LogP contribution in [0.5, 0.6) is 0 Å². The first-order valence-corrected chi connectivity index (χ1v) is 10.1. The molecule has 4 rings (SSSR count). The quantitative estimate of drug-likeness (QED) is 0.799. The number of carbonyl (C=O) groups is 1. The molecule has 0 radical (unpaired) electrons. The van der Waals surface area contributed by atoms with Crippen molar-refractivity contribution in [2.24, 2.45) is 5.73 Å². The third kappa shape index (κ3) is 3.60. The minimum Gasteiger partial charge on any atom is -0.377 e. The number of hydrogen-bond donors (Lipinski definition) is 1. The fourth-order valence-electron chi connectivity index (χ4n) is 4.37. The monoisotopic (exact) mass is 419 g/mol. The molecular weight excluding hydrogens is 397 g/mol. The molecule has 2 amide bonds. The number of nitrogens with zero attached hydrogens (tertiary/aromatic N) is 2. The molecule has 148 valence electrons. The van der Waals surface area contributed by atoms with Gasteiger partial charge in [0.2, 0.25) is 0 Å². The van der Waals surface area contributed by atoms with Crippen LogP contribution in [0.1, 0.15) is 34.2 Å². The highest BCUT2D eigenvalue weighted by molar-refractivity contribution is 6.35. The number of morpholine rings is 1. The van der Waals surface area contributed by atoms with Gasteiger partial charge in [0.1, 0.15) is 0 Å². The minimum atomic E-state index is -0.421. The van der Waals surface area contributed by atoms with Gasteiger partial charge < -0.3 is 20.3 Å². The number of rotatable bonds is 2. The highest BCUT2D eigenvalue weighted by atomic mass is 35.5. The van der Waals surface area contributed by atoms with Crippen LogP contribution < -0.4 is 5.73 Å². The summed E-state index contributed by atoms with van der Waals surface area (Å²) in [5, 5.41) is 1.33. The lowest BCUT2D eigenvalue weighted by Crippen LogP contribution is -2.46. The van der Waals surface area contributed by atoms with Crippen molar-refractivity contribution >= 4 is 29.2 Å². The number of halogens is 2. The summed E-state index contributed by atoms with van der Waals surface area (Å²) in [7, 11) is 2.09. The van der Waals surface area contributed by atoms with Crippen molar-refractivity contribution in [1.29, 1.82) is 0 Å². The molecule has 2 aliphatic rings. The molecule has 2 aliphatic heterocycles. The van der Waals surface area contributed by atoms with Gasteiger partial charge in [0.05, 0.1) is 19.3 Å². The standard InChI is InChI=1S/C21H23Cl2N3O2/c1-25-10-17(16-8-13(22)9-19(23)18(16)11-25)14-4-2-3-5-15(14)20-12-28-7-6-26(20)21(24)27/h2-5,8-9,17,20H,6-7,10-12H2,1H3,(H2,24,27). The van der Waals surface area contributed by atoms with Gasteiger partial charge in [0.25, 0.3) is 0 Å². The maximum atomic E-state index is 12.0. The third-order valence-corrected chi connectivity index (χ3v) is 6.19. The Kier molecular flexibility index (Phi) is 5.52. The van der Waals surface area contributed by atoms with E-state index in [0.29, 0.717) is 29.8 Å². The van der Waals surface area contributed by atoms with Crippen LogP contribution in [0, 0.1) is 0 Å². The maximum Gasteiger partial charge on any atom is 0.315 e. The van der Waals surface area contributed by atoms with Crippen molar-refractivity contribution in [2.45, 2.75) is 18.5 Å². The molecule has 2 heterocycles. The van der Waals surface area contributed by atoms with Gasteiger partial charge in [-0.2, -0.15) is 0 Å². The number of likely N-dealkylation sites (N-methyl/N-ethyl adjacent to an activating group) is 1. The first-order valence-electron chi connectivity index (χ1n) is 9.34. The molecule has 1 fully saturated rings. The fourth-order valence-corrected chi connectivity index (χ4v) is 4.94. The average Bonchev–Trinajstić information content (AvgIpc) is 2.68. The lowest BCUT2D eigenvalue weighted by molar-refractivity contribution is 0.0133. The lowest BCUT2D eigenvalue weighted by Gasteiger charge is -2.38. The summed E-state index contributed by atoms with van der Waals surface area (Å²) in [5.41, 5.74) is 10.1. The van der Waals surface area contributed by atoms with Crippen molar-refractivity contribution in [2.75, 3.05) is 33.4 Å². The SMILES string of the molecule is CN1Cc2c(Cl)cc(Cl)cc2C(c2ccccc2C2COCCN2C(N)=O)C1. The number of urea groups is 1. The Morgan fingerprint density at radius 2 is 1.93 bits per heavy atom. The summed E-state index contributed by atoms with van der Waals surface area (Å²) in [5.74, 6) is 0.0952. The Labute approximate surface area is 175 Å². The molecule has 7 heteroatoms. The normalized spacial score (nSPS) is 22.8. The first-order chi connectivity index (χ1) is 13.5. The molecular formula is C21H23Cl2N3O2. The van der Waals surface area contributed by atoms with E-state index in [0.717, 1.165) is 35.3 Å². The van der Waals surface area contributed by atoms with E-state index in [9.17, 15) is 4.79 Å². The lowest BCUT2D eigenvalue weighted by atomic mass is 9.81. The Balaban J connectivity index is 1.83. The molecule has 0 spiro atoms. The summed E-state index contributed by atoms with van der Waals surface area (Å²) < 4.78 is 5.69. The molecule has 2 aromatic carbocycles. The summed E-state index contributed by atoms with van der Waals surface area (Å²) >= 11 is 12.9. The van der Waals surface area contributed by atoms with Crippen LogP contribution in [0.15, 0.2) is 36.4 Å². The van der Waals surface area contributed by atoms with E-state index in [4.69, 9.17) is 33.7 Å². The Morgan fingerprint density at radius 3 is 2.68 bits per heavy atom. The second-order valence-electron chi connectivity index (χ2n) is 7.46. The van der Waals surface area contributed by atoms with E-state index in [-0.39, 0.29) is 12.0 Å². The molecule has 0 aliphatic carbocycles. The molecule has 1 saturated heterocycles. The number of fused-ring (bicyclic) bond motifs is 1. The van der Waals surface area contributed by atoms with Crippen molar-refractivity contribution in [3.63, 3.8) is 0 Å². The molecule has 5 nitrogen and oxygen atoms in total. The smallest absolute Gasteiger partial charge is 0.315 e. The summed E-state index contributed by atoms with van der Waals surface area (Å²) in [6, 6.07) is 11.4. The largest absolute Gasteiger partial charge is 0.377 e. The van der Waals surface area contributed by atoms with Crippen molar-refractivity contribution < 1.29 is 9.53 Å². The zero-order valence-corrected chi connectivity index (χ0v) is 17.2. The van der Waals surface area contributed by atoms with Gasteiger partial charge >= 0.3 is 6.03 Å². The van der Waals surface area contributed by atoms with Crippen molar-refractivity contribution in [1.82, 2.24) is 9.80 Å². The molecule has 28 heavy (non-hydrogen) atoms. The number of benzene rings is 2. The van der Waals surface area contributed by atoms with Crippen LogP contribution in [0.2, 0.25) is 10.0 Å². The van der Waals surface area contributed by atoms with Gasteiger partial charge in [-0.25, -0.2) is 4.79 Å².